The molecule has 0 saturated carbocycles. The van der Waals surface area contributed by atoms with Crippen molar-refractivity contribution >= 4 is 46.4 Å². The molecule has 2 rings (SSSR count). The van der Waals surface area contributed by atoms with Gasteiger partial charge in [-0.15, -0.1) is 0 Å². The van der Waals surface area contributed by atoms with Gasteiger partial charge in [0.1, 0.15) is 11.9 Å². The van der Waals surface area contributed by atoms with Crippen LogP contribution in [-0.4, -0.2) is 25.2 Å². The fourth-order valence-electron chi connectivity index (χ4n) is 2.54. The third-order valence-corrected chi connectivity index (χ3v) is 4.61. The fraction of sp³-hybridized carbons (Fsp3) is 0.412. The Morgan fingerprint density at radius 2 is 1.85 bits per heavy atom. The molecule has 0 radical (unpaired) electrons. The number of nitrogens with one attached hydrogen (secondary N) is 2. The predicted molar refractivity (Wildman–Crippen MR) is 106 cm³/mol. The van der Waals surface area contributed by atoms with E-state index in [0.717, 1.165) is 0 Å². The van der Waals surface area contributed by atoms with E-state index >= 15 is 0 Å². The zero-order valence-electron chi connectivity index (χ0n) is 14.7. The number of aromatic nitrogens is 2. The number of amides is 1. The van der Waals surface area contributed by atoms with Gasteiger partial charge >= 0.3 is 0 Å². The Balaban J connectivity index is 2.41. The van der Waals surface area contributed by atoms with E-state index in [1.54, 1.807) is 18.7 Å². The highest BCUT2D eigenvalue weighted by molar-refractivity contribution is 6.68. The lowest BCUT2D eigenvalue weighted by atomic mass is 10.3. The summed E-state index contributed by atoms with van der Waals surface area (Å²) in [6.45, 7) is 3.64. The van der Waals surface area contributed by atoms with Crippen molar-refractivity contribution < 1.29 is 4.79 Å². The van der Waals surface area contributed by atoms with Crippen LogP contribution in [-0.2, 0) is 11.8 Å². The van der Waals surface area contributed by atoms with Gasteiger partial charge in [0.2, 0.25) is 9.70 Å². The van der Waals surface area contributed by atoms with Crippen LogP contribution < -0.4 is 16.2 Å². The lowest BCUT2D eigenvalue weighted by molar-refractivity contribution is -0.121. The van der Waals surface area contributed by atoms with Gasteiger partial charge in [0.25, 0.3) is 5.56 Å². The fourth-order valence-corrected chi connectivity index (χ4v) is 2.87. The number of halogens is 3. The molecule has 0 saturated heterocycles. The van der Waals surface area contributed by atoms with Crippen LogP contribution in [0.4, 0.5) is 5.69 Å². The highest BCUT2D eigenvalue weighted by Gasteiger charge is 2.35. The smallest absolute Gasteiger partial charge is 0.295 e. The van der Waals surface area contributed by atoms with Crippen LogP contribution >= 0.6 is 34.8 Å². The Labute approximate surface area is 167 Å². The predicted octanol–water partition coefficient (Wildman–Crippen LogP) is 3.51. The van der Waals surface area contributed by atoms with Gasteiger partial charge in [-0.3, -0.25) is 14.3 Å². The number of hydrogen-bond donors (Lipinski definition) is 2. The Hall–Kier alpha value is -1.63. The molecule has 6 nitrogen and oxygen atoms in total. The second-order valence-electron chi connectivity index (χ2n) is 5.87. The molecule has 0 unspecified atom stereocenters. The quantitative estimate of drug-likeness (QED) is 0.556. The number of benzene rings is 1. The van der Waals surface area contributed by atoms with Crippen molar-refractivity contribution in [3.8, 4) is 5.69 Å². The number of alkyl halides is 3. The standard InChI is InChI=1S/C17H21Cl3N4O2/c1-4-8-13(25)21-16(17(18,19)20)22-14-11(2)23(3)24(15(14)26)12-9-6-5-7-10-12/h5-7,9-10,16,22H,4,8H2,1-3H3,(H,21,25)/t16-/m1/s1. The van der Waals surface area contributed by atoms with Gasteiger partial charge in [-0.05, 0) is 25.5 Å². The highest BCUT2D eigenvalue weighted by atomic mass is 35.6. The molecule has 2 aromatic rings. The molecule has 1 aromatic carbocycles. The molecular formula is C17H21Cl3N4O2. The lowest BCUT2D eigenvalue weighted by Crippen LogP contribution is -2.49. The van der Waals surface area contributed by atoms with Crippen LogP contribution in [0.15, 0.2) is 35.1 Å². The Bertz CT molecular complexity index is 825. The highest BCUT2D eigenvalue weighted by Crippen LogP contribution is 2.31. The summed E-state index contributed by atoms with van der Waals surface area (Å²) in [6.07, 6.45) is -0.102. The molecule has 1 aromatic heterocycles. The molecule has 0 fully saturated rings. The lowest BCUT2D eigenvalue weighted by Gasteiger charge is -2.26. The Kier molecular flexibility index (Phi) is 6.66. The van der Waals surface area contributed by atoms with Crippen LogP contribution in [0.5, 0.6) is 0 Å². The van der Waals surface area contributed by atoms with Gasteiger partial charge in [0.15, 0.2) is 0 Å². The van der Waals surface area contributed by atoms with Gasteiger partial charge in [-0.2, -0.15) is 0 Å². The number of para-hydroxylation sites is 1. The van der Waals surface area contributed by atoms with E-state index in [4.69, 9.17) is 34.8 Å². The number of nitrogens with zero attached hydrogens (tertiary/aromatic N) is 2. The maximum Gasteiger partial charge on any atom is 0.295 e. The summed E-state index contributed by atoms with van der Waals surface area (Å²) in [6, 6.07) is 9.18. The maximum absolute atomic E-state index is 12.9. The topological polar surface area (TPSA) is 68.1 Å². The minimum absolute atomic E-state index is 0.254. The Morgan fingerprint density at radius 3 is 2.38 bits per heavy atom. The number of rotatable bonds is 6. The molecule has 1 amide bonds. The molecule has 26 heavy (non-hydrogen) atoms. The summed E-state index contributed by atoms with van der Waals surface area (Å²) >= 11 is 18.0. The molecule has 0 aliphatic carbocycles. The molecule has 0 aliphatic heterocycles. The van der Waals surface area contributed by atoms with Crippen molar-refractivity contribution in [3.63, 3.8) is 0 Å². The minimum atomic E-state index is -1.84. The normalized spacial score (nSPS) is 12.7. The summed E-state index contributed by atoms with van der Waals surface area (Å²) in [5.41, 5.74) is 1.30. The minimum Gasteiger partial charge on any atom is -0.356 e. The first kappa shape index (κ1) is 20.7. The van der Waals surface area contributed by atoms with Crippen LogP contribution in [0.25, 0.3) is 5.69 Å². The number of hydrogen-bond acceptors (Lipinski definition) is 3. The van der Waals surface area contributed by atoms with E-state index in [1.165, 1.54) is 4.68 Å². The van der Waals surface area contributed by atoms with Gasteiger partial charge < -0.3 is 10.6 Å². The zero-order chi connectivity index (χ0) is 19.5. The van der Waals surface area contributed by atoms with E-state index in [2.05, 4.69) is 10.6 Å². The van der Waals surface area contributed by atoms with Crippen LogP contribution in [0.2, 0.25) is 0 Å². The molecule has 0 aliphatic rings. The molecule has 0 bridgehead atoms. The van der Waals surface area contributed by atoms with E-state index in [0.29, 0.717) is 24.2 Å². The first-order valence-corrected chi connectivity index (χ1v) is 9.26. The van der Waals surface area contributed by atoms with E-state index < -0.39 is 9.96 Å². The third kappa shape index (κ3) is 4.55. The summed E-state index contributed by atoms with van der Waals surface area (Å²) in [4.78, 5) is 24.9. The van der Waals surface area contributed by atoms with Crippen molar-refractivity contribution in [2.24, 2.45) is 7.05 Å². The average Bonchev–Trinajstić information content (AvgIpc) is 2.78. The molecule has 0 spiro atoms. The van der Waals surface area contributed by atoms with E-state index in [1.807, 2.05) is 37.3 Å². The van der Waals surface area contributed by atoms with Gasteiger partial charge in [-0.1, -0.05) is 59.9 Å². The summed E-state index contributed by atoms with van der Waals surface area (Å²) in [7, 11) is 1.76. The van der Waals surface area contributed by atoms with Crippen LogP contribution in [0.1, 0.15) is 25.5 Å². The summed E-state index contributed by atoms with van der Waals surface area (Å²) in [5, 5.41) is 5.52. The monoisotopic (exact) mass is 418 g/mol. The largest absolute Gasteiger partial charge is 0.356 e. The number of anilines is 1. The summed E-state index contributed by atoms with van der Waals surface area (Å²) < 4.78 is 1.36. The van der Waals surface area contributed by atoms with Crippen LogP contribution in [0.3, 0.4) is 0 Å². The average molecular weight is 420 g/mol. The molecule has 1 heterocycles. The molecule has 1 atom stereocenters. The Morgan fingerprint density at radius 1 is 1.23 bits per heavy atom. The first-order chi connectivity index (χ1) is 12.2. The second kappa shape index (κ2) is 8.37. The second-order valence-corrected chi connectivity index (χ2v) is 8.24. The van der Waals surface area contributed by atoms with Gasteiger partial charge in [-0.25, -0.2) is 4.68 Å². The molecule has 2 N–H and O–H groups in total. The third-order valence-electron chi connectivity index (χ3n) is 3.95. The number of carbonyl (C=O) groups is 1. The van der Waals surface area contributed by atoms with Crippen LogP contribution in [0, 0.1) is 6.92 Å². The molecule has 9 heteroatoms. The van der Waals surface area contributed by atoms with Crippen molar-refractivity contribution in [1.29, 1.82) is 0 Å². The van der Waals surface area contributed by atoms with Crippen molar-refractivity contribution in [3.05, 3.63) is 46.4 Å². The van der Waals surface area contributed by atoms with E-state index in [9.17, 15) is 9.59 Å². The molecule has 142 valence electrons. The zero-order valence-corrected chi connectivity index (χ0v) is 17.0. The maximum atomic E-state index is 12.9. The SMILES string of the molecule is CCCC(=O)N[C@H](Nc1c(C)n(C)n(-c2ccccc2)c1=O)C(Cl)(Cl)Cl. The first-order valence-electron chi connectivity index (χ1n) is 8.13. The van der Waals surface area contributed by atoms with Crippen molar-refractivity contribution in [2.45, 2.75) is 36.6 Å². The van der Waals surface area contributed by atoms with E-state index in [-0.39, 0.29) is 17.2 Å². The summed E-state index contributed by atoms with van der Waals surface area (Å²) in [5.74, 6) is -0.270. The number of carbonyl (C=O) groups excluding carboxylic acids is 1. The molecular weight excluding hydrogens is 399 g/mol. The van der Waals surface area contributed by atoms with Gasteiger partial charge in [0, 0.05) is 13.5 Å². The van der Waals surface area contributed by atoms with Crippen molar-refractivity contribution in [2.75, 3.05) is 5.32 Å². The van der Waals surface area contributed by atoms with Gasteiger partial charge in [0.05, 0.1) is 11.4 Å². The van der Waals surface area contributed by atoms with Crippen molar-refractivity contribution in [1.82, 2.24) is 14.7 Å².